The van der Waals surface area contributed by atoms with Crippen LogP contribution in [0.4, 0.5) is 0 Å². The van der Waals surface area contributed by atoms with E-state index in [0.717, 1.165) is 0 Å². The summed E-state index contributed by atoms with van der Waals surface area (Å²) >= 11 is 3.84. The molecule has 8 N–H and O–H groups in total. The molecule has 3 amide bonds. The number of hydrogen-bond acceptors (Lipinski definition) is 8. The molecule has 0 fully saturated rings. The molecule has 11 nitrogen and oxygen atoms in total. The Morgan fingerprint density at radius 3 is 1.76 bits per heavy atom. The summed E-state index contributed by atoms with van der Waals surface area (Å²) in [4.78, 5) is 48.3. The van der Waals surface area contributed by atoms with Crippen LogP contribution in [-0.2, 0) is 19.2 Å². The highest BCUT2D eigenvalue weighted by molar-refractivity contribution is 7.80. The number of nitrogens with one attached hydrogen (secondary N) is 3. The van der Waals surface area contributed by atoms with Gasteiger partial charge in [-0.25, -0.2) is 4.79 Å². The lowest BCUT2D eigenvalue weighted by molar-refractivity contribution is -0.142. The molecular weight excluding hydrogens is 404 g/mol. The summed E-state index contributed by atoms with van der Waals surface area (Å²) < 4.78 is 0. The zero-order chi connectivity index (χ0) is 22.9. The molecule has 0 saturated carbocycles. The summed E-state index contributed by atoms with van der Waals surface area (Å²) in [5, 5.41) is 35.3. The van der Waals surface area contributed by atoms with Gasteiger partial charge in [0.25, 0.3) is 0 Å². The number of nitrogens with two attached hydrogens (primary N) is 1. The molecule has 0 saturated heterocycles. The number of thiol groups is 1. The minimum absolute atomic E-state index is 0.190. The average Bonchev–Trinajstić information content (AvgIpc) is 2.65. The normalized spacial score (nSPS) is 18.3. The van der Waals surface area contributed by atoms with E-state index in [2.05, 4.69) is 28.6 Å². The van der Waals surface area contributed by atoms with E-state index in [-0.39, 0.29) is 11.7 Å². The molecule has 12 heteroatoms. The third-order valence-corrected chi connectivity index (χ3v) is 4.84. The first kappa shape index (κ1) is 27.1. The molecule has 7 atom stereocenters. The van der Waals surface area contributed by atoms with Crippen molar-refractivity contribution in [3.8, 4) is 0 Å². The van der Waals surface area contributed by atoms with Gasteiger partial charge in [0.05, 0.1) is 12.2 Å². The monoisotopic (exact) mass is 436 g/mol. The van der Waals surface area contributed by atoms with Crippen LogP contribution in [0.25, 0.3) is 0 Å². The fourth-order valence-corrected chi connectivity index (χ4v) is 2.51. The van der Waals surface area contributed by atoms with Crippen molar-refractivity contribution in [2.45, 2.75) is 70.5 Å². The topological polar surface area (TPSA) is 191 Å². The molecule has 0 heterocycles. The lowest BCUT2D eigenvalue weighted by atomic mass is 9.97. The summed E-state index contributed by atoms with van der Waals surface area (Å²) in [6.45, 7) is 6.06. The zero-order valence-electron chi connectivity index (χ0n) is 17.0. The average molecular weight is 437 g/mol. The first-order valence-corrected chi connectivity index (χ1v) is 9.86. The van der Waals surface area contributed by atoms with Gasteiger partial charge in [-0.3, -0.25) is 14.4 Å². The van der Waals surface area contributed by atoms with Crippen molar-refractivity contribution in [3.63, 3.8) is 0 Å². The molecule has 29 heavy (non-hydrogen) atoms. The molecule has 0 aliphatic heterocycles. The molecule has 0 bridgehead atoms. The number of carboxylic acid groups (broad SMARTS) is 1. The van der Waals surface area contributed by atoms with Crippen LogP contribution in [0.15, 0.2) is 0 Å². The maximum atomic E-state index is 12.7. The van der Waals surface area contributed by atoms with Crippen molar-refractivity contribution in [1.29, 1.82) is 0 Å². The minimum atomic E-state index is -1.46. The lowest BCUT2D eigenvalue weighted by Crippen LogP contribution is -2.61. The molecule has 0 aromatic carbocycles. The van der Waals surface area contributed by atoms with Crippen LogP contribution in [0.3, 0.4) is 0 Å². The van der Waals surface area contributed by atoms with Crippen LogP contribution in [-0.4, -0.2) is 81.1 Å². The quantitative estimate of drug-likeness (QED) is 0.155. The van der Waals surface area contributed by atoms with E-state index in [0.29, 0.717) is 6.42 Å². The zero-order valence-corrected chi connectivity index (χ0v) is 17.8. The Labute approximate surface area is 175 Å². The first-order chi connectivity index (χ1) is 13.4. The summed E-state index contributed by atoms with van der Waals surface area (Å²) in [5.41, 5.74) is 5.59. The van der Waals surface area contributed by atoms with Crippen LogP contribution in [0.1, 0.15) is 34.1 Å². The molecule has 0 spiro atoms. The van der Waals surface area contributed by atoms with Crippen molar-refractivity contribution < 1.29 is 34.5 Å². The number of carboxylic acids is 1. The Hall–Kier alpha value is -1.89. The minimum Gasteiger partial charge on any atom is -0.480 e. The van der Waals surface area contributed by atoms with Gasteiger partial charge in [-0.15, -0.1) is 0 Å². The maximum absolute atomic E-state index is 12.7. The predicted octanol–water partition coefficient (Wildman–Crippen LogP) is -2.41. The van der Waals surface area contributed by atoms with E-state index in [1.807, 2.05) is 0 Å². The number of amides is 3. The van der Waals surface area contributed by atoms with Crippen LogP contribution < -0.4 is 21.7 Å². The number of aliphatic carboxylic acids is 1. The van der Waals surface area contributed by atoms with E-state index in [9.17, 15) is 29.4 Å². The van der Waals surface area contributed by atoms with Crippen molar-refractivity contribution in [3.05, 3.63) is 0 Å². The van der Waals surface area contributed by atoms with E-state index in [4.69, 9.17) is 10.8 Å². The van der Waals surface area contributed by atoms with Crippen LogP contribution in [0.5, 0.6) is 0 Å². The second kappa shape index (κ2) is 12.6. The third kappa shape index (κ3) is 8.56. The third-order valence-electron chi connectivity index (χ3n) is 4.48. The second-order valence-electron chi connectivity index (χ2n) is 6.95. The highest BCUT2D eigenvalue weighted by atomic mass is 32.1. The van der Waals surface area contributed by atoms with Gasteiger partial charge >= 0.3 is 5.97 Å². The number of hydrogen-bond donors (Lipinski definition) is 8. The van der Waals surface area contributed by atoms with E-state index < -0.39 is 60.1 Å². The van der Waals surface area contributed by atoms with Crippen LogP contribution >= 0.6 is 12.6 Å². The van der Waals surface area contributed by atoms with Gasteiger partial charge in [0.15, 0.2) is 0 Å². The number of carbonyl (C=O) groups excluding carboxylic acids is 3. The van der Waals surface area contributed by atoms with Crippen molar-refractivity contribution >= 4 is 36.3 Å². The van der Waals surface area contributed by atoms with Gasteiger partial charge in [-0.1, -0.05) is 20.3 Å². The van der Waals surface area contributed by atoms with E-state index in [1.165, 1.54) is 13.8 Å². The molecule has 7 unspecified atom stereocenters. The molecule has 0 aliphatic rings. The number of aliphatic hydroxyl groups is 2. The number of rotatable bonds is 12. The van der Waals surface area contributed by atoms with Crippen LogP contribution in [0, 0.1) is 5.92 Å². The van der Waals surface area contributed by atoms with Gasteiger partial charge in [0.1, 0.15) is 24.2 Å². The van der Waals surface area contributed by atoms with Gasteiger partial charge in [-0.05, 0) is 19.8 Å². The lowest BCUT2D eigenvalue weighted by Gasteiger charge is -2.29. The Morgan fingerprint density at radius 2 is 1.38 bits per heavy atom. The summed E-state index contributed by atoms with van der Waals surface area (Å²) in [7, 11) is 0. The molecule has 0 aromatic heterocycles. The predicted molar refractivity (Wildman–Crippen MR) is 108 cm³/mol. The van der Waals surface area contributed by atoms with E-state index in [1.54, 1.807) is 13.8 Å². The SMILES string of the molecule is CCC(C)C(NC(=O)C(N)C(C)O)C(=O)NC(C(=O)NC(CS)C(=O)O)C(C)O. The van der Waals surface area contributed by atoms with Gasteiger partial charge in [-0.2, -0.15) is 12.6 Å². The molecule has 0 aromatic rings. The molecular formula is C17H32N4O7S. The fourth-order valence-electron chi connectivity index (χ4n) is 2.27. The first-order valence-electron chi connectivity index (χ1n) is 9.23. The second-order valence-corrected chi connectivity index (χ2v) is 7.31. The Kier molecular flexibility index (Phi) is 11.8. The smallest absolute Gasteiger partial charge is 0.327 e. The van der Waals surface area contributed by atoms with Crippen molar-refractivity contribution in [1.82, 2.24) is 16.0 Å². The Balaban J connectivity index is 5.41. The highest BCUT2D eigenvalue weighted by Crippen LogP contribution is 2.10. The standard InChI is InChI=1S/C17H32N4O7S/c1-5-7(2)12(20-14(24)11(18)8(3)22)15(25)21-13(9(4)23)16(26)19-10(6-29)17(27)28/h7-13,22-23,29H,5-6,18H2,1-4H3,(H,19,26)(H,20,24)(H,21,25)(H,27,28). The molecule has 0 aliphatic carbocycles. The van der Waals surface area contributed by atoms with Crippen molar-refractivity contribution in [2.24, 2.45) is 11.7 Å². The number of carbonyl (C=O) groups is 4. The van der Waals surface area contributed by atoms with Crippen LogP contribution in [0.2, 0.25) is 0 Å². The van der Waals surface area contributed by atoms with Gasteiger partial charge < -0.3 is 37.0 Å². The highest BCUT2D eigenvalue weighted by Gasteiger charge is 2.34. The van der Waals surface area contributed by atoms with Gasteiger partial charge in [0.2, 0.25) is 17.7 Å². The molecule has 0 radical (unpaired) electrons. The number of aliphatic hydroxyl groups excluding tert-OH is 2. The van der Waals surface area contributed by atoms with Gasteiger partial charge in [0, 0.05) is 5.75 Å². The maximum Gasteiger partial charge on any atom is 0.327 e. The largest absolute Gasteiger partial charge is 0.480 e. The fraction of sp³-hybridized carbons (Fsp3) is 0.765. The summed E-state index contributed by atoms with van der Waals surface area (Å²) in [6.07, 6.45) is -1.99. The molecule has 0 rings (SSSR count). The Morgan fingerprint density at radius 1 is 0.897 bits per heavy atom. The molecule has 168 valence electrons. The summed E-state index contributed by atoms with van der Waals surface area (Å²) in [6, 6.07) is -5.11. The Bertz CT molecular complexity index is 588. The van der Waals surface area contributed by atoms with E-state index >= 15 is 0 Å². The van der Waals surface area contributed by atoms with Crippen molar-refractivity contribution in [2.75, 3.05) is 5.75 Å². The summed E-state index contributed by atoms with van der Waals surface area (Å²) in [5.74, 6) is -4.29.